The Morgan fingerprint density at radius 3 is 0.440 bits per heavy atom. The first kappa shape index (κ1) is 64.0. The van der Waals surface area contributed by atoms with Gasteiger partial charge in [-0.2, -0.15) is 0 Å². The smallest absolute Gasteiger partial charge is 0.652 e. The minimum atomic E-state index is -2.33. The Morgan fingerprint density at radius 1 is 0.440 bits per heavy atom. The van der Waals surface area contributed by atoms with Gasteiger partial charge in [-0.25, -0.2) is 0 Å². The Kier molecular flexibility index (Phi) is 144. The fourth-order valence-electron chi connectivity index (χ4n) is 0. The van der Waals surface area contributed by atoms with Crippen LogP contribution in [-0.4, -0.2) is 91.6 Å². The van der Waals surface area contributed by atoms with E-state index in [1.807, 2.05) is 0 Å². The molecule has 0 bridgehead atoms. The molecule has 0 aliphatic heterocycles. The van der Waals surface area contributed by atoms with E-state index in [4.69, 9.17) is 75.0 Å². The summed E-state index contributed by atoms with van der Waals surface area (Å²) in [6, 6.07) is 0. The van der Waals surface area contributed by atoms with Crippen LogP contribution < -0.4 is 51.1 Å². The van der Waals surface area contributed by atoms with Gasteiger partial charge in [-0.05, 0) is 30.8 Å². The van der Waals surface area contributed by atoms with Gasteiger partial charge in [-0.15, -0.1) is 0 Å². The van der Waals surface area contributed by atoms with E-state index >= 15 is 0 Å². The molecule has 0 aromatic heterocycles. The number of hydrogen-bond donors (Lipinski definition) is 0. The summed E-state index contributed by atoms with van der Waals surface area (Å²) in [6.07, 6.45) is -11.7. The van der Waals surface area contributed by atoms with Crippen molar-refractivity contribution < 1.29 is 129 Å². The van der Waals surface area contributed by atoms with Crippen molar-refractivity contribution in [2.24, 2.45) is 0 Å². The van der Waals surface area contributed by atoms with Gasteiger partial charge in [0.2, 0.25) is 0 Å². The van der Waals surface area contributed by atoms with E-state index in [0.717, 1.165) is 0 Å². The van der Waals surface area contributed by atoms with Crippen LogP contribution in [0.2, 0.25) is 0 Å². The molecule has 0 amide bonds. The number of rotatable bonds is 0. The van der Waals surface area contributed by atoms with Crippen molar-refractivity contribution in [2.75, 3.05) is 0 Å². The second kappa shape index (κ2) is 56.4. The maximum Gasteiger partial charge on any atom is 2.00 e. The monoisotopic (exact) mass is 539 g/mol. The van der Waals surface area contributed by atoms with Crippen molar-refractivity contribution >= 4 is 91.6 Å². The van der Waals surface area contributed by atoms with E-state index in [2.05, 4.69) is 0 Å². The molecule has 0 aliphatic rings. The third kappa shape index (κ3) is 7950000. The Balaban J connectivity index is -0.0000000134. The molecule has 20 heteroatoms. The molecule has 0 aliphatic carbocycles. The predicted octanol–water partition coefficient (Wildman–Crippen LogP) is -13.0. The van der Waals surface area contributed by atoms with Gasteiger partial charge in [-0.3, -0.25) is 0 Å². The molecular formula is C5CaFeMgMnO15Zn. The maximum atomic E-state index is 8.33. The predicted molar refractivity (Wildman–Crippen MR) is 38.5 cm³/mol. The summed E-state index contributed by atoms with van der Waals surface area (Å²) >= 11 is 0. The summed E-state index contributed by atoms with van der Waals surface area (Å²) in [5.74, 6) is 0. The molecule has 0 aromatic rings. The van der Waals surface area contributed by atoms with Crippen LogP contribution in [0.25, 0.3) is 0 Å². The molecule has 25 heavy (non-hydrogen) atoms. The van der Waals surface area contributed by atoms with Gasteiger partial charge in [-0.1, -0.05) is 0 Å². The van der Waals surface area contributed by atoms with Crippen LogP contribution >= 0.6 is 0 Å². The zero-order chi connectivity index (χ0) is 17.9. The largest absolute Gasteiger partial charge is 2.00 e. The van der Waals surface area contributed by atoms with Crippen molar-refractivity contribution in [2.45, 2.75) is 0 Å². The maximum absolute atomic E-state index is 8.33. The third-order valence-corrected chi connectivity index (χ3v) is 0. The molecule has 0 heterocycles. The molecule has 0 fully saturated rings. The number of hydrogen-bond acceptors (Lipinski definition) is 15. The number of carbonyl (C=O) groups excluding carboxylic acids is 5. The Morgan fingerprint density at radius 2 is 0.440 bits per heavy atom. The average molecular weight is 541 g/mol. The first-order chi connectivity index (χ1) is 8.66. The molecule has 0 saturated carbocycles. The minimum absolute atomic E-state index is 0. The molecule has 0 unspecified atom stereocenters. The van der Waals surface area contributed by atoms with E-state index in [1.54, 1.807) is 0 Å². The van der Waals surface area contributed by atoms with Crippen molar-refractivity contribution in [3.8, 4) is 0 Å². The number of carbonyl (C=O) groups is 5. The molecule has 0 aromatic carbocycles. The summed E-state index contributed by atoms with van der Waals surface area (Å²) < 4.78 is 0. The van der Waals surface area contributed by atoms with Crippen LogP contribution in [0, 0.1) is 0 Å². The fraction of sp³-hybridized carbons (Fsp3) is 0. The van der Waals surface area contributed by atoms with Gasteiger partial charge in [0.05, 0.1) is 0 Å². The van der Waals surface area contributed by atoms with E-state index in [1.165, 1.54) is 0 Å². The Hall–Kier alpha value is 0.0383. The summed E-state index contributed by atoms with van der Waals surface area (Å²) in [5.41, 5.74) is 0. The van der Waals surface area contributed by atoms with Crippen molar-refractivity contribution in [1.82, 2.24) is 0 Å². The van der Waals surface area contributed by atoms with Crippen LogP contribution in [0.4, 0.5) is 24.0 Å². The van der Waals surface area contributed by atoms with Crippen molar-refractivity contribution in [1.29, 1.82) is 0 Å². The van der Waals surface area contributed by atoms with Gasteiger partial charge in [0.25, 0.3) is 0 Å². The van der Waals surface area contributed by atoms with Crippen molar-refractivity contribution in [3.05, 3.63) is 0 Å². The Bertz CT molecular complexity index is 231. The van der Waals surface area contributed by atoms with E-state index in [9.17, 15) is 0 Å². The minimum Gasteiger partial charge on any atom is -0.652 e. The molecule has 131 valence electrons. The quantitative estimate of drug-likeness (QED) is 0.257. The number of carboxylic acid groups (broad SMARTS) is 10. The molecule has 0 rings (SSSR count). The van der Waals surface area contributed by atoms with Crippen molar-refractivity contribution in [3.63, 3.8) is 0 Å². The van der Waals surface area contributed by atoms with E-state index in [0.29, 0.717) is 0 Å². The second-order valence-corrected chi connectivity index (χ2v) is 1.25. The fourth-order valence-corrected chi connectivity index (χ4v) is 0. The van der Waals surface area contributed by atoms with Gasteiger partial charge in [0, 0.05) is 0 Å². The molecule has 15 nitrogen and oxygen atoms in total. The van der Waals surface area contributed by atoms with E-state index in [-0.39, 0.29) is 114 Å². The van der Waals surface area contributed by atoms with Gasteiger partial charge >= 0.3 is 114 Å². The van der Waals surface area contributed by atoms with Gasteiger partial charge < -0.3 is 75.0 Å². The molecule has 0 N–H and O–H groups in total. The van der Waals surface area contributed by atoms with Crippen LogP contribution in [-0.2, 0) is 53.6 Å². The molecule has 0 saturated heterocycles. The van der Waals surface area contributed by atoms with Crippen LogP contribution in [0.3, 0.4) is 0 Å². The van der Waals surface area contributed by atoms with Crippen LogP contribution in [0.5, 0.6) is 0 Å². The van der Waals surface area contributed by atoms with Crippen LogP contribution in [0.1, 0.15) is 0 Å². The summed E-state index contributed by atoms with van der Waals surface area (Å²) in [7, 11) is 0. The van der Waals surface area contributed by atoms with Gasteiger partial charge in [0.15, 0.2) is 0 Å². The zero-order valence-electron chi connectivity index (χ0n) is 11.5. The SMILES string of the molecule is O=C([O-])[O-].O=C([O-])[O-].O=C([O-])[O-].O=C([O-])[O-].O=C([O-])[O-].[Ca+2].[Fe+2].[Mg+2].[Mn+2].[Zn+2]. The zero-order valence-corrected chi connectivity index (χ0v) is 20.4. The first-order valence-corrected chi connectivity index (χ1v) is 3.06. The molecule has 0 spiro atoms. The van der Waals surface area contributed by atoms with Gasteiger partial charge in [0.1, 0.15) is 0 Å². The first-order valence-electron chi connectivity index (χ1n) is 3.06. The summed E-state index contributed by atoms with van der Waals surface area (Å²) in [6.45, 7) is 0. The second-order valence-electron chi connectivity index (χ2n) is 1.25. The van der Waals surface area contributed by atoms with E-state index < -0.39 is 30.8 Å². The molecule has 0 atom stereocenters. The normalized spacial score (nSPS) is 4.80. The average Bonchev–Trinajstić information content (AvgIpc) is 1.94. The molecular weight excluding hydrogens is 541 g/mol. The summed E-state index contributed by atoms with van der Waals surface area (Å²) in [5, 5.41) is 83.3. The third-order valence-electron chi connectivity index (χ3n) is 0. The Labute approximate surface area is 217 Å². The topological polar surface area (TPSA) is 316 Å². The van der Waals surface area contributed by atoms with Crippen LogP contribution in [0.15, 0.2) is 0 Å². The summed E-state index contributed by atoms with van der Waals surface area (Å²) in [4.78, 5) is 41.7. The molecule has 1 radical (unpaired) electrons. The standard InChI is InChI=1S/5CH2O3.Ca.Fe.Mg.Mn.Zn/c5*2-1(3)4;;;;;/h5*(H2,2,3,4);;;;;/q;;;;;5*+2/p-10.